The summed E-state index contributed by atoms with van der Waals surface area (Å²) in [6.07, 6.45) is 7.42. The van der Waals surface area contributed by atoms with E-state index < -0.39 is 16.0 Å². The van der Waals surface area contributed by atoms with Crippen molar-refractivity contribution in [2.24, 2.45) is 5.92 Å². The Labute approximate surface area is 182 Å². The number of hydrogen-bond acceptors (Lipinski definition) is 4. The molecule has 0 saturated heterocycles. The van der Waals surface area contributed by atoms with Crippen LogP contribution >= 0.6 is 11.3 Å². The number of carbonyl (C=O) groups is 1. The maximum Gasteiger partial charge on any atom is 0.346 e. The van der Waals surface area contributed by atoms with Crippen LogP contribution in [0.3, 0.4) is 0 Å². The number of thiophene rings is 1. The molecule has 1 aromatic heterocycles. The van der Waals surface area contributed by atoms with E-state index in [0.29, 0.717) is 30.3 Å². The van der Waals surface area contributed by atoms with E-state index in [9.17, 15) is 18.3 Å². The van der Waals surface area contributed by atoms with Gasteiger partial charge in [-0.2, -0.15) is 4.31 Å². The van der Waals surface area contributed by atoms with E-state index in [2.05, 4.69) is 0 Å². The fourth-order valence-electron chi connectivity index (χ4n) is 4.70. The first kappa shape index (κ1) is 21.3. The lowest BCUT2D eigenvalue weighted by molar-refractivity contribution is 0.0701. The molecule has 160 valence electrons. The quantitative estimate of drug-likeness (QED) is 0.694. The second-order valence-corrected chi connectivity index (χ2v) is 11.2. The van der Waals surface area contributed by atoms with Crippen molar-refractivity contribution < 1.29 is 18.3 Å². The molecule has 2 aliphatic rings. The van der Waals surface area contributed by atoms with Crippen molar-refractivity contribution in [2.75, 3.05) is 19.3 Å². The Kier molecular flexibility index (Phi) is 6.14. The zero-order chi connectivity index (χ0) is 21.3. The van der Waals surface area contributed by atoms with Crippen molar-refractivity contribution in [3.05, 3.63) is 52.4 Å². The lowest BCUT2D eigenvalue weighted by Crippen LogP contribution is -2.38. The minimum absolute atomic E-state index is 0.333. The van der Waals surface area contributed by atoms with E-state index in [1.54, 1.807) is 4.31 Å². The maximum absolute atomic E-state index is 12.2. The first-order chi connectivity index (χ1) is 14.3. The van der Waals surface area contributed by atoms with E-state index in [-0.39, 0.29) is 0 Å². The highest BCUT2D eigenvalue weighted by Gasteiger charge is 2.32. The molecule has 30 heavy (non-hydrogen) atoms. The van der Waals surface area contributed by atoms with Gasteiger partial charge >= 0.3 is 5.97 Å². The molecule has 0 spiro atoms. The Bertz CT molecular complexity index is 1060. The van der Waals surface area contributed by atoms with Crippen LogP contribution in [0.1, 0.15) is 53.8 Å². The molecule has 0 unspecified atom stereocenters. The van der Waals surface area contributed by atoms with Crippen molar-refractivity contribution in [1.29, 1.82) is 0 Å². The van der Waals surface area contributed by atoms with Gasteiger partial charge in [-0.3, -0.25) is 0 Å². The lowest BCUT2D eigenvalue weighted by Gasteiger charge is -2.35. The fourth-order valence-corrected chi connectivity index (χ4v) is 6.52. The monoisotopic (exact) mass is 445 g/mol. The molecular formula is C23H27NO4S2. The highest BCUT2D eigenvalue weighted by atomic mass is 32.2. The Balaban J connectivity index is 1.83. The molecule has 0 bridgehead atoms. The number of benzene rings is 1. The van der Waals surface area contributed by atoms with Gasteiger partial charge in [0.05, 0.1) is 6.26 Å². The third-order valence-electron chi connectivity index (χ3n) is 6.22. The second-order valence-electron chi connectivity index (χ2n) is 8.21. The molecule has 5 nitrogen and oxygen atoms in total. The average molecular weight is 446 g/mol. The van der Waals surface area contributed by atoms with Gasteiger partial charge in [-0.25, -0.2) is 13.2 Å². The van der Waals surface area contributed by atoms with Gasteiger partial charge in [0.2, 0.25) is 10.0 Å². The van der Waals surface area contributed by atoms with Crippen LogP contribution in [-0.2, 0) is 10.0 Å². The predicted octanol–water partition coefficient (Wildman–Crippen LogP) is 5.11. The van der Waals surface area contributed by atoms with Gasteiger partial charge in [-0.05, 0) is 48.0 Å². The first-order valence-electron chi connectivity index (χ1n) is 10.4. The lowest BCUT2D eigenvalue weighted by atomic mass is 9.78. The van der Waals surface area contributed by atoms with Crippen LogP contribution in [0.25, 0.3) is 16.0 Å². The van der Waals surface area contributed by atoms with Crippen LogP contribution in [0.2, 0.25) is 0 Å². The van der Waals surface area contributed by atoms with Gasteiger partial charge in [0, 0.05) is 23.5 Å². The third kappa shape index (κ3) is 4.38. The molecule has 1 saturated carbocycles. The number of hydrogen-bond donors (Lipinski definition) is 1. The van der Waals surface area contributed by atoms with Gasteiger partial charge in [0.15, 0.2) is 0 Å². The summed E-state index contributed by atoms with van der Waals surface area (Å²) in [6, 6.07) is 11.8. The van der Waals surface area contributed by atoms with Gasteiger partial charge in [0.25, 0.3) is 0 Å². The molecule has 0 radical (unpaired) electrons. The normalized spacial score (nSPS) is 19.2. The number of nitrogens with zero attached hydrogens (tertiary/aromatic N) is 1. The van der Waals surface area contributed by atoms with Gasteiger partial charge in [0.1, 0.15) is 4.88 Å². The summed E-state index contributed by atoms with van der Waals surface area (Å²) in [4.78, 5) is 13.4. The van der Waals surface area contributed by atoms with Crippen LogP contribution in [0.5, 0.6) is 0 Å². The van der Waals surface area contributed by atoms with E-state index in [1.165, 1.54) is 24.0 Å². The maximum atomic E-state index is 12.2. The van der Waals surface area contributed by atoms with E-state index in [0.717, 1.165) is 52.8 Å². The minimum Gasteiger partial charge on any atom is -0.477 e. The predicted molar refractivity (Wildman–Crippen MR) is 121 cm³/mol. The standard InChI is InChI=1S/C23H27NO4S2/c1-30(27,28)24-13-12-18(20(15-24)16-8-4-2-5-9-16)19-14-21(29-22(19)23(25)26)17-10-6-3-7-11-17/h3,6-7,10-11,14,16H,2,4-5,8-9,12-13,15H2,1H3,(H,25,26). The molecule has 2 aromatic rings. The molecule has 4 rings (SSSR count). The second kappa shape index (κ2) is 8.65. The van der Waals surface area contributed by atoms with Crippen molar-refractivity contribution in [2.45, 2.75) is 38.5 Å². The minimum atomic E-state index is -3.28. The zero-order valence-electron chi connectivity index (χ0n) is 17.1. The van der Waals surface area contributed by atoms with Crippen molar-refractivity contribution >= 4 is 32.9 Å². The average Bonchev–Trinajstić information content (AvgIpc) is 3.20. The summed E-state index contributed by atoms with van der Waals surface area (Å²) in [7, 11) is -3.28. The van der Waals surface area contributed by atoms with E-state index in [4.69, 9.17) is 0 Å². The topological polar surface area (TPSA) is 74.7 Å². The third-order valence-corrected chi connectivity index (χ3v) is 8.64. The number of carboxylic acid groups (broad SMARTS) is 1. The Morgan fingerprint density at radius 3 is 2.47 bits per heavy atom. The molecule has 0 amide bonds. The molecule has 1 fully saturated rings. The summed E-state index contributed by atoms with van der Waals surface area (Å²) in [5, 5.41) is 9.92. The summed E-state index contributed by atoms with van der Waals surface area (Å²) >= 11 is 1.30. The summed E-state index contributed by atoms with van der Waals surface area (Å²) in [5.41, 5.74) is 3.97. The molecule has 7 heteroatoms. The van der Waals surface area contributed by atoms with E-state index >= 15 is 0 Å². The van der Waals surface area contributed by atoms with Gasteiger partial charge in [-0.1, -0.05) is 49.6 Å². The van der Waals surface area contributed by atoms with Crippen LogP contribution in [0.4, 0.5) is 0 Å². The van der Waals surface area contributed by atoms with E-state index in [1.807, 2.05) is 36.4 Å². The molecule has 1 aliphatic carbocycles. The SMILES string of the molecule is CS(=O)(=O)N1CCC(c2cc(-c3ccccc3)sc2C(=O)O)=C(C2CCCCC2)C1. The van der Waals surface area contributed by atoms with Crippen LogP contribution < -0.4 is 0 Å². The van der Waals surface area contributed by atoms with Gasteiger partial charge < -0.3 is 5.11 Å². The summed E-state index contributed by atoms with van der Waals surface area (Å²) < 4.78 is 26.0. The highest BCUT2D eigenvalue weighted by Crippen LogP contribution is 2.43. The number of sulfonamides is 1. The molecule has 2 heterocycles. The number of aromatic carboxylic acids is 1. The fraction of sp³-hybridized carbons (Fsp3) is 0.435. The highest BCUT2D eigenvalue weighted by molar-refractivity contribution is 7.88. The smallest absolute Gasteiger partial charge is 0.346 e. The van der Waals surface area contributed by atoms with Crippen molar-refractivity contribution in [3.63, 3.8) is 0 Å². The molecule has 0 atom stereocenters. The van der Waals surface area contributed by atoms with Crippen LogP contribution in [0, 0.1) is 5.92 Å². The summed E-state index contributed by atoms with van der Waals surface area (Å²) in [5.74, 6) is -0.585. The molecule has 1 aliphatic heterocycles. The Morgan fingerprint density at radius 2 is 1.83 bits per heavy atom. The van der Waals surface area contributed by atoms with Crippen LogP contribution in [0.15, 0.2) is 42.0 Å². The Morgan fingerprint density at radius 1 is 1.13 bits per heavy atom. The van der Waals surface area contributed by atoms with Crippen LogP contribution in [-0.4, -0.2) is 43.1 Å². The van der Waals surface area contributed by atoms with Gasteiger partial charge in [-0.15, -0.1) is 11.3 Å². The zero-order valence-corrected chi connectivity index (χ0v) is 18.8. The first-order valence-corrected chi connectivity index (χ1v) is 13.1. The van der Waals surface area contributed by atoms with Crippen molar-refractivity contribution in [3.8, 4) is 10.4 Å². The summed E-state index contributed by atoms with van der Waals surface area (Å²) in [6.45, 7) is 0.786. The van der Waals surface area contributed by atoms with Crippen molar-refractivity contribution in [1.82, 2.24) is 4.31 Å². The number of carboxylic acids is 1. The molecule has 1 aromatic carbocycles. The largest absolute Gasteiger partial charge is 0.477 e. The number of rotatable bonds is 5. The molecule has 1 N–H and O–H groups in total. The Hall–Kier alpha value is -1.96. The molecular weight excluding hydrogens is 418 g/mol.